The smallest absolute Gasteiger partial charge is 0.342 e. The molecule has 0 aliphatic heterocycles. The van der Waals surface area contributed by atoms with Gasteiger partial charge >= 0.3 is 5.97 Å². The van der Waals surface area contributed by atoms with Gasteiger partial charge in [0.2, 0.25) is 0 Å². The number of hydrogen-bond acceptors (Lipinski definition) is 4. The van der Waals surface area contributed by atoms with E-state index in [0.29, 0.717) is 29.7 Å². The van der Waals surface area contributed by atoms with E-state index in [1.54, 1.807) is 6.07 Å². The van der Waals surface area contributed by atoms with E-state index in [4.69, 9.17) is 25.8 Å². The van der Waals surface area contributed by atoms with Crippen LogP contribution in [0.3, 0.4) is 0 Å². The van der Waals surface area contributed by atoms with Gasteiger partial charge in [-0.2, -0.15) is 0 Å². The van der Waals surface area contributed by atoms with Crippen LogP contribution in [0.1, 0.15) is 27.0 Å². The lowest BCUT2D eigenvalue weighted by atomic mass is 10.1. The van der Waals surface area contributed by atoms with Crippen LogP contribution in [-0.2, 0) is 24.6 Å². The molecule has 0 atom stereocenters. The zero-order valence-electron chi connectivity index (χ0n) is 17.9. The molecule has 0 aliphatic carbocycles. The lowest BCUT2D eigenvalue weighted by Crippen LogP contribution is -2.09. The van der Waals surface area contributed by atoms with Crippen molar-refractivity contribution in [1.82, 2.24) is 0 Å². The summed E-state index contributed by atoms with van der Waals surface area (Å²) >= 11 is 6.46. The zero-order valence-corrected chi connectivity index (χ0v) is 18.7. The molecule has 0 unspecified atom stereocenters. The molecule has 0 aromatic heterocycles. The van der Waals surface area contributed by atoms with Gasteiger partial charge in [0, 0.05) is 6.07 Å². The molecule has 0 saturated heterocycles. The van der Waals surface area contributed by atoms with Gasteiger partial charge in [-0.05, 0) is 22.8 Å². The summed E-state index contributed by atoms with van der Waals surface area (Å²) in [7, 11) is 0. The molecule has 0 heterocycles. The summed E-state index contributed by atoms with van der Waals surface area (Å²) in [6, 6.07) is 32.2. The van der Waals surface area contributed by atoms with Gasteiger partial charge in [0.05, 0.1) is 5.02 Å². The number of rotatable bonds is 9. The maximum Gasteiger partial charge on any atom is 0.342 e. The quantitative estimate of drug-likeness (QED) is 0.257. The highest BCUT2D eigenvalue weighted by Gasteiger charge is 2.19. The van der Waals surface area contributed by atoms with Crippen molar-refractivity contribution in [2.45, 2.75) is 19.8 Å². The van der Waals surface area contributed by atoms with Crippen LogP contribution in [0.5, 0.6) is 11.5 Å². The van der Waals surface area contributed by atoms with Crippen molar-refractivity contribution in [2.24, 2.45) is 0 Å². The molecule has 0 fully saturated rings. The van der Waals surface area contributed by atoms with Crippen LogP contribution in [0.2, 0.25) is 5.02 Å². The summed E-state index contributed by atoms with van der Waals surface area (Å²) in [5, 5.41) is 0.310. The molecule has 0 N–H and O–H groups in total. The second-order valence-corrected chi connectivity index (χ2v) is 7.80. The Labute approximate surface area is 198 Å². The van der Waals surface area contributed by atoms with Crippen LogP contribution in [-0.4, -0.2) is 5.97 Å². The molecule has 0 spiro atoms. The highest BCUT2D eigenvalue weighted by atomic mass is 35.5. The Morgan fingerprint density at radius 2 is 1.06 bits per heavy atom. The summed E-state index contributed by atoms with van der Waals surface area (Å²) in [4.78, 5) is 12.9. The minimum absolute atomic E-state index is 0.154. The van der Waals surface area contributed by atoms with Gasteiger partial charge in [-0.3, -0.25) is 0 Å². The van der Waals surface area contributed by atoms with Crippen molar-refractivity contribution < 1.29 is 19.0 Å². The maximum atomic E-state index is 12.9. The van der Waals surface area contributed by atoms with E-state index >= 15 is 0 Å². The van der Waals surface area contributed by atoms with E-state index < -0.39 is 5.97 Å². The molecule has 0 radical (unpaired) electrons. The molecule has 0 saturated carbocycles. The van der Waals surface area contributed by atoms with Gasteiger partial charge in [0.1, 0.15) is 36.9 Å². The van der Waals surface area contributed by atoms with E-state index in [-0.39, 0.29) is 12.2 Å². The molecule has 4 nitrogen and oxygen atoms in total. The fourth-order valence-electron chi connectivity index (χ4n) is 3.20. The summed E-state index contributed by atoms with van der Waals surface area (Å²) in [5.74, 6) is 0.269. The lowest BCUT2D eigenvalue weighted by Gasteiger charge is -2.15. The molecule has 0 bridgehead atoms. The first-order chi connectivity index (χ1) is 16.2. The average molecular weight is 459 g/mol. The molecular weight excluding hydrogens is 436 g/mol. The van der Waals surface area contributed by atoms with E-state index in [2.05, 4.69) is 0 Å². The number of carbonyl (C=O) groups is 1. The van der Waals surface area contributed by atoms with Crippen molar-refractivity contribution in [3.63, 3.8) is 0 Å². The number of hydrogen-bond donors (Lipinski definition) is 0. The van der Waals surface area contributed by atoms with Crippen molar-refractivity contribution in [3.05, 3.63) is 130 Å². The Morgan fingerprint density at radius 3 is 1.58 bits per heavy atom. The number of carbonyl (C=O) groups excluding carboxylic acids is 1. The van der Waals surface area contributed by atoms with Gasteiger partial charge in [0.25, 0.3) is 0 Å². The molecule has 0 amide bonds. The van der Waals surface area contributed by atoms with Gasteiger partial charge in [-0.25, -0.2) is 4.79 Å². The van der Waals surface area contributed by atoms with Gasteiger partial charge in [-0.1, -0.05) is 103 Å². The first-order valence-corrected chi connectivity index (χ1v) is 10.9. The predicted molar refractivity (Wildman–Crippen MR) is 129 cm³/mol. The Kier molecular flexibility index (Phi) is 7.62. The predicted octanol–water partition coefficient (Wildman–Crippen LogP) is 6.86. The van der Waals surface area contributed by atoms with Crippen LogP contribution in [0, 0.1) is 0 Å². The van der Waals surface area contributed by atoms with Crippen molar-refractivity contribution in [1.29, 1.82) is 0 Å². The maximum absolute atomic E-state index is 12.9. The second-order valence-electron chi connectivity index (χ2n) is 7.39. The molecule has 166 valence electrons. The van der Waals surface area contributed by atoms with Crippen molar-refractivity contribution in [2.75, 3.05) is 0 Å². The Morgan fingerprint density at radius 1 is 0.606 bits per heavy atom. The van der Waals surface area contributed by atoms with Crippen LogP contribution in [0.25, 0.3) is 0 Å². The van der Waals surface area contributed by atoms with Crippen LogP contribution < -0.4 is 9.47 Å². The normalized spacial score (nSPS) is 10.5. The van der Waals surface area contributed by atoms with E-state index in [0.717, 1.165) is 16.7 Å². The Balaban J connectivity index is 1.54. The van der Waals surface area contributed by atoms with Gasteiger partial charge < -0.3 is 14.2 Å². The van der Waals surface area contributed by atoms with E-state index in [9.17, 15) is 4.79 Å². The first kappa shape index (κ1) is 22.4. The lowest BCUT2D eigenvalue weighted by molar-refractivity contribution is 0.0467. The van der Waals surface area contributed by atoms with E-state index in [1.807, 2.05) is 91.0 Å². The molecule has 4 aromatic carbocycles. The molecule has 5 heteroatoms. The summed E-state index contributed by atoms with van der Waals surface area (Å²) < 4.78 is 17.4. The minimum Gasteiger partial charge on any atom is -0.488 e. The largest absolute Gasteiger partial charge is 0.488 e. The standard InChI is InChI=1S/C28H23ClO4/c29-25-16-24(28(30)33-20-23-14-8-3-9-15-23)26(31-18-21-10-4-1-5-11-21)17-27(25)32-19-22-12-6-2-7-13-22/h1-17H,18-20H2. The van der Waals surface area contributed by atoms with Crippen molar-refractivity contribution >= 4 is 17.6 Å². The Hall–Kier alpha value is -3.76. The number of esters is 1. The minimum atomic E-state index is -0.515. The molecule has 4 rings (SSSR count). The number of ether oxygens (including phenoxy) is 3. The van der Waals surface area contributed by atoms with Gasteiger partial charge in [-0.15, -0.1) is 0 Å². The zero-order chi connectivity index (χ0) is 22.9. The average Bonchev–Trinajstić information content (AvgIpc) is 2.87. The molecule has 33 heavy (non-hydrogen) atoms. The fraction of sp³-hybridized carbons (Fsp3) is 0.107. The summed E-state index contributed by atoms with van der Waals surface area (Å²) in [6.45, 7) is 0.789. The van der Waals surface area contributed by atoms with Gasteiger partial charge in [0.15, 0.2) is 0 Å². The second kappa shape index (κ2) is 11.2. The molecule has 4 aromatic rings. The fourth-order valence-corrected chi connectivity index (χ4v) is 3.41. The van der Waals surface area contributed by atoms with Crippen LogP contribution >= 0.6 is 11.6 Å². The molecular formula is C28H23ClO4. The first-order valence-electron chi connectivity index (χ1n) is 10.6. The van der Waals surface area contributed by atoms with E-state index in [1.165, 1.54) is 6.07 Å². The van der Waals surface area contributed by atoms with Crippen molar-refractivity contribution in [3.8, 4) is 11.5 Å². The Bertz CT molecular complexity index is 1180. The summed E-state index contributed by atoms with van der Waals surface area (Å²) in [6.07, 6.45) is 0. The molecule has 0 aliphatic rings. The van der Waals surface area contributed by atoms with Crippen LogP contribution in [0.4, 0.5) is 0 Å². The highest BCUT2D eigenvalue weighted by molar-refractivity contribution is 6.32. The number of benzene rings is 4. The summed E-state index contributed by atoms with van der Waals surface area (Å²) in [5.41, 5.74) is 3.12. The monoisotopic (exact) mass is 458 g/mol. The topological polar surface area (TPSA) is 44.8 Å². The SMILES string of the molecule is O=C(OCc1ccccc1)c1cc(Cl)c(OCc2ccccc2)cc1OCc1ccccc1. The third-order valence-corrected chi connectivity index (χ3v) is 5.24. The third kappa shape index (κ3) is 6.37. The third-order valence-electron chi connectivity index (χ3n) is 4.94. The highest BCUT2D eigenvalue weighted by Crippen LogP contribution is 2.34. The van der Waals surface area contributed by atoms with Crippen LogP contribution in [0.15, 0.2) is 103 Å². The number of halogens is 1.